The van der Waals surface area contributed by atoms with Crippen molar-refractivity contribution in [2.24, 2.45) is 39.9 Å². The zero-order valence-electron chi connectivity index (χ0n) is 14.0. The molecule has 0 nitrogen and oxygen atoms in total. The van der Waals surface area contributed by atoms with Crippen LogP contribution in [0, 0.1) is 39.9 Å². The third kappa shape index (κ3) is 1.35. The van der Waals surface area contributed by atoms with Crippen LogP contribution in [0.3, 0.4) is 0 Å². The molecule has 2 bridgehead atoms. The van der Waals surface area contributed by atoms with E-state index in [-0.39, 0.29) is 0 Å². The highest BCUT2D eigenvalue weighted by atomic mass is 14.7. The zero-order chi connectivity index (χ0) is 14.3. The summed E-state index contributed by atoms with van der Waals surface area (Å²) >= 11 is 0. The predicted octanol–water partition coefficient (Wildman–Crippen LogP) is 5.83. The van der Waals surface area contributed by atoms with Gasteiger partial charge in [-0.3, -0.25) is 0 Å². The molecular weight excluding hydrogens is 240 g/mol. The Morgan fingerprint density at radius 2 is 1.85 bits per heavy atom. The van der Waals surface area contributed by atoms with E-state index in [0.29, 0.717) is 16.2 Å². The first-order valence-corrected chi connectivity index (χ1v) is 8.99. The van der Waals surface area contributed by atoms with Gasteiger partial charge in [0, 0.05) is 0 Å². The minimum atomic E-state index is 0.553. The van der Waals surface area contributed by atoms with Crippen molar-refractivity contribution in [2.45, 2.75) is 72.6 Å². The summed E-state index contributed by atoms with van der Waals surface area (Å²) in [5, 5.41) is 0. The Morgan fingerprint density at radius 3 is 2.60 bits per heavy atom. The van der Waals surface area contributed by atoms with Gasteiger partial charge in [-0.1, -0.05) is 46.3 Å². The van der Waals surface area contributed by atoms with E-state index in [2.05, 4.69) is 34.3 Å². The van der Waals surface area contributed by atoms with E-state index >= 15 is 0 Å². The number of hydrogen-bond acceptors (Lipinski definition) is 0. The molecule has 6 atom stereocenters. The molecule has 0 heterocycles. The number of allylic oxidation sites excluding steroid dienone is 1. The lowest BCUT2D eigenvalue weighted by Crippen LogP contribution is -2.43. The Hall–Kier alpha value is -0.260. The lowest BCUT2D eigenvalue weighted by Gasteiger charge is -2.51. The average molecular weight is 272 g/mol. The van der Waals surface area contributed by atoms with Crippen LogP contribution in [0.2, 0.25) is 0 Å². The standard InChI is InChI=1S/C20H32/c1-13-11-20-12-15(13)7-8-16(20)19(5)10-6-9-18(3,4)17(19)14(20)2/h14-17H,1,6-12H2,2-5H3/t14-,15?,16-,17+,19-,20+/m0/s1. The monoisotopic (exact) mass is 272 g/mol. The lowest BCUT2D eigenvalue weighted by molar-refractivity contribution is -0.0191. The second-order valence-corrected chi connectivity index (χ2v) is 9.71. The van der Waals surface area contributed by atoms with Crippen LogP contribution in [0.25, 0.3) is 0 Å². The summed E-state index contributed by atoms with van der Waals surface area (Å²) in [6.45, 7) is 14.9. The maximum atomic E-state index is 4.46. The summed E-state index contributed by atoms with van der Waals surface area (Å²) in [4.78, 5) is 0. The fourth-order valence-electron chi connectivity index (χ4n) is 8.22. The normalized spacial score (nSPS) is 56.5. The van der Waals surface area contributed by atoms with Crippen molar-refractivity contribution in [1.29, 1.82) is 0 Å². The first-order chi connectivity index (χ1) is 9.31. The molecule has 0 aromatic rings. The van der Waals surface area contributed by atoms with Crippen LogP contribution in [0.15, 0.2) is 12.2 Å². The largest absolute Gasteiger partial charge is 0.0996 e. The molecule has 1 spiro atoms. The molecule has 112 valence electrons. The van der Waals surface area contributed by atoms with Crippen LogP contribution in [0.4, 0.5) is 0 Å². The lowest BCUT2D eigenvalue weighted by atomic mass is 9.54. The highest BCUT2D eigenvalue weighted by Crippen LogP contribution is 2.77. The first kappa shape index (κ1) is 13.4. The first-order valence-electron chi connectivity index (χ1n) is 8.99. The predicted molar refractivity (Wildman–Crippen MR) is 85.4 cm³/mol. The molecular formula is C20H32. The Labute approximate surface area is 125 Å². The smallest absolute Gasteiger partial charge is 0.0192 e. The molecule has 4 saturated carbocycles. The highest BCUT2D eigenvalue weighted by molar-refractivity contribution is 5.26. The summed E-state index contributed by atoms with van der Waals surface area (Å²) in [5.74, 6) is 3.72. The van der Waals surface area contributed by atoms with Crippen molar-refractivity contribution >= 4 is 0 Å². The van der Waals surface area contributed by atoms with Gasteiger partial charge in [0.15, 0.2) is 0 Å². The molecule has 0 aliphatic heterocycles. The molecule has 0 aromatic heterocycles. The molecule has 0 radical (unpaired) electrons. The van der Waals surface area contributed by atoms with Gasteiger partial charge in [-0.05, 0) is 78.4 Å². The average Bonchev–Trinajstić information content (AvgIpc) is 2.71. The Kier molecular flexibility index (Phi) is 2.50. The van der Waals surface area contributed by atoms with E-state index in [1.165, 1.54) is 44.9 Å². The van der Waals surface area contributed by atoms with E-state index in [1.54, 1.807) is 5.57 Å². The second-order valence-electron chi connectivity index (χ2n) is 9.71. The van der Waals surface area contributed by atoms with Gasteiger partial charge in [0.25, 0.3) is 0 Å². The van der Waals surface area contributed by atoms with Gasteiger partial charge in [0.2, 0.25) is 0 Å². The molecule has 4 rings (SSSR count). The maximum absolute atomic E-state index is 4.46. The van der Waals surface area contributed by atoms with Crippen LogP contribution in [0.5, 0.6) is 0 Å². The second kappa shape index (κ2) is 3.73. The molecule has 0 N–H and O–H groups in total. The van der Waals surface area contributed by atoms with E-state index < -0.39 is 0 Å². The fraction of sp³-hybridized carbons (Fsp3) is 0.900. The van der Waals surface area contributed by atoms with Gasteiger partial charge >= 0.3 is 0 Å². The molecule has 1 unspecified atom stereocenters. The minimum absolute atomic E-state index is 0.553. The molecule has 4 fully saturated rings. The van der Waals surface area contributed by atoms with Gasteiger partial charge in [-0.15, -0.1) is 0 Å². The molecule has 0 amide bonds. The SMILES string of the molecule is C=C1C[C@]23CC1CC[C@H]2[C@]1(C)CCCC(C)(C)[C@H]1[C@@H]3C. The summed E-state index contributed by atoms with van der Waals surface area (Å²) in [6, 6.07) is 0. The molecule has 0 heteroatoms. The van der Waals surface area contributed by atoms with Crippen molar-refractivity contribution < 1.29 is 0 Å². The Balaban J connectivity index is 1.85. The molecule has 4 aliphatic carbocycles. The van der Waals surface area contributed by atoms with Gasteiger partial charge in [-0.2, -0.15) is 0 Å². The van der Waals surface area contributed by atoms with Crippen molar-refractivity contribution in [1.82, 2.24) is 0 Å². The van der Waals surface area contributed by atoms with Crippen LogP contribution in [-0.4, -0.2) is 0 Å². The summed E-state index contributed by atoms with van der Waals surface area (Å²) in [7, 11) is 0. The van der Waals surface area contributed by atoms with Gasteiger partial charge in [-0.25, -0.2) is 0 Å². The van der Waals surface area contributed by atoms with Crippen LogP contribution in [0.1, 0.15) is 72.6 Å². The summed E-state index contributed by atoms with van der Waals surface area (Å²) < 4.78 is 0. The molecule has 4 aliphatic rings. The van der Waals surface area contributed by atoms with Crippen LogP contribution < -0.4 is 0 Å². The van der Waals surface area contributed by atoms with Gasteiger partial charge < -0.3 is 0 Å². The Morgan fingerprint density at radius 1 is 1.10 bits per heavy atom. The van der Waals surface area contributed by atoms with E-state index in [1.807, 2.05) is 0 Å². The number of rotatable bonds is 0. The number of fused-ring (bicyclic) bond motifs is 3. The van der Waals surface area contributed by atoms with Crippen molar-refractivity contribution in [2.75, 3.05) is 0 Å². The van der Waals surface area contributed by atoms with Gasteiger partial charge in [0.1, 0.15) is 0 Å². The van der Waals surface area contributed by atoms with Crippen molar-refractivity contribution in [3.63, 3.8) is 0 Å². The van der Waals surface area contributed by atoms with Gasteiger partial charge in [0.05, 0.1) is 0 Å². The third-order valence-corrected chi connectivity index (χ3v) is 8.55. The van der Waals surface area contributed by atoms with E-state index in [0.717, 1.165) is 23.7 Å². The van der Waals surface area contributed by atoms with E-state index in [4.69, 9.17) is 0 Å². The quantitative estimate of drug-likeness (QED) is 0.487. The van der Waals surface area contributed by atoms with Crippen molar-refractivity contribution in [3.8, 4) is 0 Å². The van der Waals surface area contributed by atoms with E-state index in [9.17, 15) is 0 Å². The van der Waals surface area contributed by atoms with Crippen LogP contribution in [-0.2, 0) is 0 Å². The molecule has 0 aromatic carbocycles. The minimum Gasteiger partial charge on any atom is -0.0996 e. The highest BCUT2D eigenvalue weighted by Gasteiger charge is 2.69. The van der Waals surface area contributed by atoms with Crippen LogP contribution >= 0.6 is 0 Å². The summed E-state index contributed by atoms with van der Waals surface area (Å²) in [5.41, 5.74) is 3.43. The molecule has 20 heavy (non-hydrogen) atoms. The zero-order valence-corrected chi connectivity index (χ0v) is 14.0. The third-order valence-electron chi connectivity index (χ3n) is 8.55. The molecule has 0 saturated heterocycles. The topological polar surface area (TPSA) is 0 Å². The number of hydrogen-bond donors (Lipinski definition) is 0. The maximum Gasteiger partial charge on any atom is -0.0192 e. The Bertz CT molecular complexity index is 459. The van der Waals surface area contributed by atoms with Crippen molar-refractivity contribution in [3.05, 3.63) is 12.2 Å². The summed E-state index contributed by atoms with van der Waals surface area (Å²) in [6.07, 6.45) is 10.2. The fourth-order valence-corrected chi connectivity index (χ4v) is 8.22.